The Morgan fingerprint density at radius 1 is 0.943 bits per heavy atom. The van der Waals surface area contributed by atoms with Gasteiger partial charge in [0.05, 0.1) is 16.8 Å². The lowest BCUT2D eigenvalue weighted by Crippen LogP contribution is -2.47. The lowest BCUT2D eigenvalue weighted by Gasteiger charge is -2.49. The minimum absolute atomic E-state index is 0.0304. The molecule has 0 saturated heterocycles. The van der Waals surface area contributed by atoms with Crippen molar-refractivity contribution in [1.82, 2.24) is 15.0 Å². The Morgan fingerprint density at radius 3 is 2.63 bits per heavy atom. The van der Waals surface area contributed by atoms with Gasteiger partial charge in [-0.2, -0.15) is 0 Å². The number of fused-ring (bicyclic) bond motifs is 2. The number of benzene rings is 3. The van der Waals surface area contributed by atoms with Crippen molar-refractivity contribution in [2.24, 2.45) is 5.41 Å². The van der Waals surface area contributed by atoms with Crippen LogP contribution in [0.25, 0.3) is 22.0 Å². The molecule has 2 aromatic heterocycles. The van der Waals surface area contributed by atoms with Crippen LogP contribution in [0.3, 0.4) is 0 Å². The van der Waals surface area contributed by atoms with E-state index in [1.54, 1.807) is 0 Å². The molecule has 3 atom stereocenters. The number of nitrogens with one attached hydrogen (secondary N) is 2. The molecule has 0 spiro atoms. The molecule has 1 amide bonds. The van der Waals surface area contributed by atoms with Gasteiger partial charge in [-0.15, -0.1) is 0 Å². The third-order valence-electron chi connectivity index (χ3n) is 7.86. The average molecular weight is 457 g/mol. The van der Waals surface area contributed by atoms with Crippen LogP contribution in [-0.4, -0.2) is 20.9 Å². The number of imidazole rings is 1. The second kappa shape index (κ2) is 7.37. The third-order valence-corrected chi connectivity index (χ3v) is 7.86. The third kappa shape index (κ3) is 2.91. The van der Waals surface area contributed by atoms with Crippen molar-refractivity contribution < 1.29 is 4.79 Å². The van der Waals surface area contributed by atoms with E-state index in [9.17, 15) is 4.79 Å². The van der Waals surface area contributed by atoms with E-state index in [1.807, 2.05) is 36.7 Å². The largest absolute Gasteiger partial charge is 0.330 e. The number of aromatic nitrogens is 3. The highest BCUT2D eigenvalue weighted by Crippen LogP contribution is 2.60. The molecule has 2 bridgehead atoms. The van der Waals surface area contributed by atoms with Gasteiger partial charge in [-0.05, 0) is 46.9 Å². The quantitative estimate of drug-likeness (QED) is 0.337. The van der Waals surface area contributed by atoms with Gasteiger partial charge in [0.2, 0.25) is 11.9 Å². The van der Waals surface area contributed by atoms with Gasteiger partial charge >= 0.3 is 0 Å². The van der Waals surface area contributed by atoms with Crippen LogP contribution in [0.2, 0.25) is 0 Å². The molecule has 3 aliphatic rings. The number of hydrogen-bond donors (Lipinski definition) is 2. The molecule has 3 aliphatic carbocycles. The maximum absolute atomic E-state index is 13.9. The number of aromatic amines is 1. The number of pyridine rings is 1. The van der Waals surface area contributed by atoms with E-state index < -0.39 is 5.41 Å². The van der Waals surface area contributed by atoms with Crippen molar-refractivity contribution >= 4 is 22.6 Å². The van der Waals surface area contributed by atoms with Crippen molar-refractivity contribution in [3.8, 4) is 11.3 Å². The Morgan fingerprint density at radius 2 is 1.71 bits per heavy atom. The zero-order chi connectivity index (χ0) is 23.6. The molecule has 0 aliphatic heterocycles. The lowest BCUT2D eigenvalue weighted by molar-refractivity contribution is -0.126. The van der Waals surface area contributed by atoms with Gasteiger partial charge < -0.3 is 4.98 Å². The van der Waals surface area contributed by atoms with E-state index in [0.717, 1.165) is 34.1 Å². The highest BCUT2D eigenvalue weighted by atomic mass is 16.2. The van der Waals surface area contributed by atoms with Crippen molar-refractivity contribution in [3.63, 3.8) is 0 Å². The second-order valence-electron chi connectivity index (χ2n) is 9.83. The van der Waals surface area contributed by atoms with Crippen LogP contribution in [0.5, 0.6) is 0 Å². The van der Waals surface area contributed by atoms with Crippen molar-refractivity contribution in [3.05, 3.63) is 114 Å². The number of anilines is 1. The normalized spacial score (nSPS) is 22.0. The monoisotopic (exact) mass is 456 g/mol. The number of rotatable bonds is 3. The summed E-state index contributed by atoms with van der Waals surface area (Å²) in [5.41, 5.74) is 6.02. The van der Waals surface area contributed by atoms with E-state index in [2.05, 4.69) is 71.8 Å². The fraction of sp³-hybridized carbons (Fsp3) is 0.167. The van der Waals surface area contributed by atoms with Gasteiger partial charge in [0.1, 0.15) is 0 Å². The summed E-state index contributed by atoms with van der Waals surface area (Å²) in [7, 11) is 0. The topological polar surface area (TPSA) is 70.7 Å². The van der Waals surface area contributed by atoms with Crippen LogP contribution in [0.1, 0.15) is 47.6 Å². The fourth-order valence-corrected chi connectivity index (χ4v) is 6.23. The summed E-state index contributed by atoms with van der Waals surface area (Å²) in [4.78, 5) is 26.5. The molecule has 8 rings (SSSR count). The number of carbonyl (C=O) groups excluding carboxylic acids is 1. The van der Waals surface area contributed by atoms with Gasteiger partial charge in [-0.25, -0.2) is 4.98 Å². The predicted molar refractivity (Wildman–Crippen MR) is 137 cm³/mol. The summed E-state index contributed by atoms with van der Waals surface area (Å²) in [6.45, 7) is 2.07. The summed E-state index contributed by atoms with van der Waals surface area (Å²) in [6, 6.07) is 27.1. The standard InChI is InChI=1S/C30H24N4O/c1-30(16-24-20-11-4-5-12-22(20)26(30)27-23(24)14-7-15-31-27)28(35)34-29-32-17-25(33-29)21-13-6-9-18-8-2-3-10-19(18)21/h2-15,17,24,26H,16H2,1H3,(H2,32,33,34,35). The zero-order valence-electron chi connectivity index (χ0n) is 19.3. The molecule has 0 radical (unpaired) electrons. The molecule has 5 nitrogen and oxygen atoms in total. The smallest absolute Gasteiger partial charge is 0.233 e. The maximum Gasteiger partial charge on any atom is 0.233 e. The first-order valence-corrected chi connectivity index (χ1v) is 12.0. The van der Waals surface area contributed by atoms with E-state index >= 15 is 0 Å². The molecular weight excluding hydrogens is 432 g/mol. The fourth-order valence-electron chi connectivity index (χ4n) is 6.23. The summed E-state index contributed by atoms with van der Waals surface area (Å²) in [5.74, 6) is 0.512. The van der Waals surface area contributed by atoms with Gasteiger partial charge in [0.15, 0.2) is 0 Å². The molecule has 2 heterocycles. The molecule has 3 unspecified atom stereocenters. The Kier molecular flexibility index (Phi) is 4.25. The molecular formula is C30H24N4O. The van der Waals surface area contributed by atoms with Crippen molar-refractivity contribution in [2.75, 3.05) is 5.32 Å². The first-order valence-electron chi connectivity index (χ1n) is 12.0. The highest BCUT2D eigenvalue weighted by molar-refractivity contribution is 5.98. The molecule has 0 saturated carbocycles. The molecule has 35 heavy (non-hydrogen) atoms. The average Bonchev–Trinajstić information content (AvgIpc) is 3.36. The van der Waals surface area contributed by atoms with Crippen LogP contribution < -0.4 is 5.32 Å². The summed E-state index contributed by atoms with van der Waals surface area (Å²) < 4.78 is 0. The minimum Gasteiger partial charge on any atom is -0.330 e. The molecule has 5 aromatic rings. The maximum atomic E-state index is 13.9. The van der Waals surface area contributed by atoms with Crippen LogP contribution in [0, 0.1) is 5.41 Å². The van der Waals surface area contributed by atoms with E-state index in [0.29, 0.717) is 5.95 Å². The Bertz CT molecular complexity index is 1570. The first kappa shape index (κ1) is 20.2. The Labute approximate surface area is 203 Å². The SMILES string of the molecule is CC1(C(=O)Nc2nc(-c3cccc4ccccc34)c[nH]2)CC2c3ccccc3C1c1ncccc12. The lowest BCUT2D eigenvalue weighted by atomic mass is 9.53. The van der Waals surface area contributed by atoms with Crippen LogP contribution in [0.4, 0.5) is 5.95 Å². The zero-order valence-corrected chi connectivity index (χ0v) is 19.3. The van der Waals surface area contributed by atoms with Gasteiger partial charge in [-0.1, -0.05) is 72.8 Å². The van der Waals surface area contributed by atoms with Crippen molar-refractivity contribution in [1.29, 1.82) is 0 Å². The van der Waals surface area contributed by atoms with E-state index in [1.165, 1.54) is 16.7 Å². The number of hydrogen-bond acceptors (Lipinski definition) is 3. The highest BCUT2D eigenvalue weighted by Gasteiger charge is 2.54. The Hall–Kier alpha value is -4.25. The minimum atomic E-state index is -0.632. The molecule has 2 N–H and O–H groups in total. The summed E-state index contributed by atoms with van der Waals surface area (Å²) >= 11 is 0. The molecule has 0 fully saturated rings. The van der Waals surface area contributed by atoms with E-state index in [4.69, 9.17) is 9.97 Å². The number of nitrogens with zero attached hydrogens (tertiary/aromatic N) is 2. The van der Waals surface area contributed by atoms with Gasteiger partial charge in [0, 0.05) is 29.8 Å². The molecule has 5 heteroatoms. The molecule has 3 aromatic carbocycles. The van der Waals surface area contributed by atoms with Gasteiger partial charge in [-0.3, -0.25) is 15.1 Å². The predicted octanol–water partition coefficient (Wildman–Crippen LogP) is 6.25. The number of amides is 1. The number of H-pyrrole nitrogens is 1. The Balaban J connectivity index is 1.24. The van der Waals surface area contributed by atoms with E-state index in [-0.39, 0.29) is 17.7 Å². The molecule has 170 valence electrons. The van der Waals surface area contributed by atoms with Crippen LogP contribution in [-0.2, 0) is 4.79 Å². The van der Waals surface area contributed by atoms with Crippen LogP contribution in [0.15, 0.2) is 91.3 Å². The van der Waals surface area contributed by atoms with Crippen molar-refractivity contribution in [2.45, 2.75) is 25.2 Å². The number of carbonyl (C=O) groups is 1. The summed E-state index contributed by atoms with van der Waals surface area (Å²) in [6.07, 6.45) is 4.44. The van der Waals surface area contributed by atoms with Gasteiger partial charge in [0.25, 0.3) is 0 Å². The first-order chi connectivity index (χ1) is 17.1. The summed E-state index contributed by atoms with van der Waals surface area (Å²) in [5, 5.41) is 5.40. The second-order valence-corrected chi connectivity index (χ2v) is 9.83. The van der Waals surface area contributed by atoms with Crippen LogP contribution >= 0.6 is 0 Å².